The lowest BCUT2D eigenvalue weighted by atomic mass is 10.1. The van der Waals surface area contributed by atoms with E-state index in [-0.39, 0.29) is 5.56 Å². The maximum Gasteiger partial charge on any atom is 0.329 e. The molecule has 9 heteroatoms. The van der Waals surface area contributed by atoms with Gasteiger partial charge in [0.1, 0.15) is 5.82 Å². The van der Waals surface area contributed by atoms with Gasteiger partial charge in [-0.25, -0.2) is 4.79 Å². The molecule has 1 aromatic carbocycles. The molecule has 0 spiro atoms. The van der Waals surface area contributed by atoms with E-state index < -0.39 is 5.69 Å². The number of H-pyrrole nitrogens is 1. The molecule has 3 aromatic rings. The van der Waals surface area contributed by atoms with Gasteiger partial charge in [0, 0.05) is 31.0 Å². The molecule has 0 saturated heterocycles. The number of nitrogens with zero attached hydrogens (tertiary/aromatic N) is 3. The van der Waals surface area contributed by atoms with Gasteiger partial charge in [-0.15, -0.1) is 10.2 Å². The van der Waals surface area contributed by atoms with E-state index in [2.05, 4.69) is 34.3 Å². The van der Waals surface area contributed by atoms with Crippen molar-refractivity contribution in [2.24, 2.45) is 0 Å². The molecule has 0 aliphatic carbocycles. The topological polar surface area (TPSA) is 106 Å². The van der Waals surface area contributed by atoms with Gasteiger partial charge in [-0.3, -0.25) is 14.3 Å². The summed E-state index contributed by atoms with van der Waals surface area (Å²) in [5.74, 6) is 2.56. The third-order valence-electron chi connectivity index (χ3n) is 4.28. The normalized spacial score (nSPS) is 11.0. The molecule has 0 fully saturated rings. The van der Waals surface area contributed by atoms with E-state index in [1.807, 2.05) is 18.2 Å². The van der Waals surface area contributed by atoms with Crippen LogP contribution in [-0.4, -0.2) is 25.5 Å². The summed E-state index contributed by atoms with van der Waals surface area (Å²) in [5, 5.41) is 10.8. The molecule has 0 saturated carbocycles. The summed E-state index contributed by atoms with van der Waals surface area (Å²) in [5.41, 5.74) is 2.48. The van der Waals surface area contributed by atoms with Crippen LogP contribution in [0.4, 0.5) is 11.5 Å². The molecule has 148 valence electrons. The number of anilines is 2. The van der Waals surface area contributed by atoms with Gasteiger partial charge in [0.15, 0.2) is 0 Å². The number of rotatable bonds is 8. The summed E-state index contributed by atoms with van der Waals surface area (Å²) in [4.78, 5) is 27.4. The van der Waals surface area contributed by atoms with Crippen LogP contribution in [0.15, 0.2) is 38.3 Å². The van der Waals surface area contributed by atoms with Gasteiger partial charge < -0.3 is 9.73 Å². The van der Waals surface area contributed by atoms with E-state index in [9.17, 15) is 9.59 Å². The summed E-state index contributed by atoms with van der Waals surface area (Å²) in [6.07, 6.45) is 0.917. The maximum atomic E-state index is 12.3. The first kappa shape index (κ1) is 19.9. The molecule has 8 nitrogen and oxygen atoms in total. The maximum absolute atomic E-state index is 12.3. The second-order valence-electron chi connectivity index (χ2n) is 6.37. The number of thioether (sulfide) groups is 1. The van der Waals surface area contributed by atoms with Crippen molar-refractivity contribution in [3.05, 3.63) is 68.0 Å². The average Bonchev–Trinajstić information content (AvgIpc) is 3.07. The van der Waals surface area contributed by atoms with Gasteiger partial charge in [-0.05, 0) is 36.6 Å². The van der Waals surface area contributed by atoms with Gasteiger partial charge in [0.05, 0.1) is 5.75 Å². The number of aromatic nitrogens is 4. The van der Waals surface area contributed by atoms with Crippen molar-refractivity contribution in [1.82, 2.24) is 19.7 Å². The number of aromatic amines is 1. The highest BCUT2D eigenvalue weighted by Gasteiger charge is 2.07. The summed E-state index contributed by atoms with van der Waals surface area (Å²) in [6.45, 7) is 6.18. The Bertz CT molecular complexity index is 1040. The highest BCUT2D eigenvalue weighted by Crippen LogP contribution is 2.18. The van der Waals surface area contributed by atoms with Crippen LogP contribution in [0.3, 0.4) is 0 Å². The molecule has 28 heavy (non-hydrogen) atoms. The van der Waals surface area contributed by atoms with E-state index in [1.54, 1.807) is 6.92 Å². The zero-order valence-electron chi connectivity index (χ0n) is 16.1. The van der Waals surface area contributed by atoms with E-state index in [1.165, 1.54) is 33.5 Å². The lowest BCUT2D eigenvalue weighted by Crippen LogP contribution is -2.35. The quantitative estimate of drug-likeness (QED) is 0.559. The van der Waals surface area contributed by atoms with Crippen molar-refractivity contribution in [2.45, 2.75) is 39.5 Å². The Hall–Kier alpha value is -2.81. The third-order valence-corrected chi connectivity index (χ3v) is 5.20. The molecule has 0 amide bonds. The number of nitrogens with one attached hydrogen (secondary N) is 2. The third kappa shape index (κ3) is 4.92. The zero-order chi connectivity index (χ0) is 20.1. The van der Waals surface area contributed by atoms with E-state index >= 15 is 0 Å². The second kappa shape index (κ2) is 8.92. The predicted molar refractivity (Wildman–Crippen MR) is 110 cm³/mol. The van der Waals surface area contributed by atoms with Crippen molar-refractivity contribution in [1.29, 1.82) is 0 Å². The Labute approximate surface area is 166 Å². The van der Waals surface area contributed by atoms with Crippen LogP contribution in [0.25, 0.3) is 0 Å². The molecular weight excluding hydrogens is 378 g/mol. The largest absolute Gasteiger partial charge is 0.425 e. The van der Waals surface area contributed by atoms with Crippen molar-refractivity contribution in [2.75, 3.05) is 11.1 Å². The van der Waals surface area contributed by atoms with Crippen LogP contribution >= 0.6 is 11.8 Å². The van der Waals surface area contributed by atoms with E-state index in [4.69, 9.17) is 4.42 Å². The Kier molecular flexibility index (Phi) is 6.35. The summed E-state index contributed by atoms with van der Waals surface area (Å²) in [7, 11) is 0. The first-order chi connectivity index (χ1) is 13.5. The first-order valence-electron chi connectivity index (χ1n) is 9.03. The van der Waals surface area contributed by atoms with Gasteiger partial charge in [0.2, 0.25) is 11.8 Å². The molecule has 0 bridgehead atoms. The molecule has 2 heterocycles. The highest BCUT2D eigenvalue weighted by molar-refractivity contribution is 7.98. The average molecular weight is 401 g/mol. The van der Waals surface area contributed by atoms with E-state index in [0.29, 0.717) is 35.6 Å². The van der Waals surface area contributed by atoms with Crippen LogP contribution in [0, 0.1) is 13.8 Å². The van der Waals surface area contributed by atoms with Gasteiger partial charge in [0.25, 0.3) is 5.56 Å². The van der Waals surface area contributed by atoms with Crippen molar-refractivity contribution < 1.29 is 4.42 Å². The fourth-order valence-electron chi connectivity index (χ4n) is 2.80. The molecule has 0 aliphatic heterocycles. The molecule has 2 aromatic heterocycles. The monoisotopic (exact) mass is 401 g/mol. The molecule has 3 rings (SSSR count). The fraction of sp³-hybridized carbons (Fsp3) is 0.368. The van der Waals surface area contributed by atoms with Crippen molar-refractivity contribution >= 4 is 23.3 Å². The molecule has 2 N–H and O–H groups in total. The Morgan fingerprint density at radius 2 is 2.04 bits per heavy atom. The first-order valence-corrected chi connectivity index (χ1v) is 10.2. The molecule has 0 aliphatic rings. The van der Waals surface area contributed by atoms with Crippen molar-refractivity contribution in [3.63, 3.8) is 0 Å². The molecular formula is C19H23N5O3S. The van der Waals surface area contributed by atoms with Gasteiger partial charge in [-0.1, -0.05) is 13.0 Å². The van der Waals surface area contributed by atoms with Crippen molar-refractivity contribution in [3.8, 4) is 0 Å². The summed E-state index contributed by atoms with van der Waals surface area (Å²) < 4.78 is 6.48. The van der Waals surface area contributed by atoms with Gasteiger partial charge >= 0.3 is 5.69 Å². The zero-order valence-corrected chi connectivity index (χ0v) is 16.9. The minimum Gasteiger partial charge on any atom is -0.425 e. The predicted octanol–water partition coefficient (Wildman–Crippen LogP) is 2.78. The Balaban J connectivity index is 1.64. The van der Waals surface area contributed by atoms with Crippen LogP contribution in [-0.2, 0) is 18.7 Å². The lowest BCUT2D eigenvalue weighted by molar-refractivity contribution is 0.485. The molecule has 0 radical (unpaired) electrons. The van der Waals surface area contributed by atoms with Crippen LogP contribution in [0.5, 0.6) is 0 Å². The van der Waals surface area contributed by atoms with E-state index in [0.717, 1.165) is 12.1 Å². The number of hydrogen-bond donors (Lipinski definition) is 2. The highest BCUT2D eigenvalue weighted by atomic mass is 32.2. The van der Waals surface area contributed by atoms with Crippen LogP contribution in [0.2, 0.25) is 0 Å². The standard InChI is InChI=1S/C19H23N5O3S/c1-4-14-9-15(6-5-12(14)2)20-16-10-18(25)24(19(26)21-16)7-8-28-11-17-23-22-13(3)27-17/h5-6,9-10,20H,4,7-8,11H2,1-3H3,(H,21,26). The lowest BCUT2D eigenvalue weighted by Gasteiger charge is -2.11. The molecule has 0 unspecified atom stereocenters. The van der Waals surface area contributed by atoms with Crippen LogP contribution < -0.4 is 16.6 Å². The van der Waals surface area contributed by atoms with Crippen LogP contribution in [0.1, 0.15) is 29.8 Å². The van der Waals surface area contributed by atoms with Gasteiger partial charge in [-0.2, -0.15) is 11.8 Å². The summed E-state index contributed by atoms with van der Waals surface area (Å²) >= 11 is 1.52. The Morgan fingerprint density at radius 3 is 2.71 bits per heavy atom. The fourth-order valence-corrected chi connectivity index (χ4v) is 3.54. The number of aryl methyl sites for hydroxylation is 3. The Morgan fingerprint density at radius 1 is 1.21 bits per heavy atom. The minimum atomic E-state index is -0.438. The SMILES string of the molecule is CCc1cc(Nc2cc(=O)n(CCSCc3nnc(C)o3)c(=O)[nH]2)ccc1C. The number of benzene rings is 1. The summed E-state index contributed by atoms with van der Waals surface area (Å²) in [6, 6.07) is 7.37. The molecule has 0 atom stereocenters. The number of hydrogen-bond acceptors (Lipinski definition) is 7. The minimum absolute atomic E-state index is 0.302. The second-order valence-corrected chi connectivity index (χ2v) is 7.47. The smallest absolute Gasteiger partial charge is 0.329 e.